The number of carbonyl (C=O) groups is 15. The van der Waals surface area contributed by atoms with Crippen molar-refractivity contribution in [1.82, 2.24) is 63.0 Å². The number of nitrogens with one attached hydrogen (secondary N) is 10. The van der Waals surface area contributed by atoms with E-state index in [1.54, 1.807) is 13.8 Å². The third-order valence-corrected chi connectivity index (χ3v) is 15.0. The van der Waals surface area contributed by atoms with Crippen LogP contribution in [-0.2, 0) is 71.9 Å². The first-order valence-corrected chi connectivity index (χ1v) is 29.8. The zero-order valence-electron chi connectivity index (χ0n) is 50.0. The molecule has 3 heterocycles. The summed E-state index contributed by atoms with van der Waals surface area (Å²) in [6.45, 7) is 2.85. The molecule has 0 aromatic carbocycles. The summed E-state index contributed by atoms with van der Waals surface area (Å²) in [6, 6.07) is -13.1. The van der Waals surface area contributed by atoms with Crippen LogP contribution in [0.2, 0.25) is 0 Å². The molecule has 87 heavy (non-hydrogen) atoms. The Kier molecular flexibility index (Phi) is 32.0. The van der Waals surface area contributed by atoms with E-state index in [1.807, 2.05) is 0 Å². The highest BCUT2D eigenvalue weighted by molar-refractivity contribution is 6.00. The average molecular weight is 1240 g/mol. The van der Waals surface area contributed by atoms with Crippen molar-refractivity contribution in [2.45, 2.75) is 204 Å². The van der Waals surface area contributed by atoms with Crippen LogP contribution in [0, 0.1) is 5.92 Å². The van der Waals surface area contributed by atoms with Gasteiger partial charge in [-0.15, -0.1) is 0 Å². The molecule has 0 radical (unpaired) electrons. The highest BCUT2D eigenvalue weighted by Crippen LogP contribution is 2.23. The van der Waals surface area contributed by atoms with Gasteiger partial charge in [0.05, 0.1) is 51.6 Å². The van der Waals surface area contributed by atoms with E-state index in [9.17, 15) is 87.2 Å². The molecular formula is C55H89N13O19. The number of aliphatic carboxylic acids is 2. The van der Waals surface area contributed by atoms with Gasteiger partial charge in [-0.05, 0) is 51.4 Å². The van der Waals surface area contributed by atoms with E-state index < -0.39 is 195 Å². The Hall–Kier alpha value is -8.19. The highest BCUT2D eigenvalue weighted by Gasteiger charge is 2.43. The van der Waals surface area contributed by atoms with Crippen molar-refractivity contribution in [2.24, 2.45) is 11.7 Å². The van der Waals surface area contributed by atoms with Crippen LogP contribution in [0.3, 0.4) is 0 Å². The molecule has 13 amide bonds. The topological polar surface area (TPSA) is 479 Å². The molecule has 0 aromatic rings. The normalized spacial score (nSPS) is 24.0. The highest BCUT2D eigenvalue weighted by atomic mass is 16.5. The number of carboxylic acid groups (broad SMARTS) is 2. The lowest BCUT2D eigenvalue weighted by molar-refractivity contribution is -0.146. The number of hydrogen-bond donors (Lipinski definition) is 14. The number of primary amides is 1. The minimum atomic E-state index is -1.89. The fourth-order valence-corrected chi connectivity index (χ4v) is 9.97. The number of carboxylic acids is 2. The van der Waals surface area contributed by atoms with Crippen LogP contribution in [0.1, 0.15) is 150 Å². The third kappa shape index (κ3) is 25.7. The van der Waals surface area contributed by atoms with Gasteiger partial charge in [0, 0.05) is 19.6 Å². The second-order valence-corrected chi connectivity index (χ2v) is 22.0. The number of carbonyl (C=O) groups excluding carboxylic acids is 13. The summed E-state index contributed by atoms with van der Waals surface area (Å²) in [5.41, 5.74) is 5.50. The molecule has 488 valence electrons. The predicted molar refractivity (Wildman–Crippen MR) is 305 cm³/mol. The van der Waals surface area contributed by atoms with Gasteiger partial charge in [-0.2, -0.15) is 0 Å². The summed E-state index contributed by atoms with van der Waals surface area (Å²) >= 11 is 0. The smallest absolute Gasteiger partial charge is 0.407 e. The number of fused-ring (bicyclic) bond motifs is 2. The number of piperidine rings is 1. The maximum absolute atomic E-state index is 14.8. The Bertz CT molecular complexity index is 2450. The lowest BCUT2D eigenvalue weighted by atomic mass is 9.96. The van der Waals surface area contributed by atoms with Gasteiger partial charge in [0.2, 0.25) is 70.9 Å². The van der Waals surface area contributed by atoms with E-state index in [2.05, 4.69) is 60.1 Å². The Morgan fingerprint density at radius 3 is 1.60 bits per heavy atom. The number of nitrogens with two attached hydrogens (primary N) is 1. The van der Waals surface area contributed by atoms with Crippen molar-refractivity contribution in [1.29, 1.82) is 0 Å². The first-order chi connectivity index (χ1) is 41.3. The van der Waals surface area contributed by atoms with E-state index in [1.165, 1.54) is 24.2 Å². The molecular weight excluding hydrogens is 1150 g/mol. The summed E-state index contributed by atoms with van der Waals surface area (Å²) in [7, 11) is 0. The Morgan fingerprint density at radius 2 is 1.08 bits per heavy atom. The number of hydrogen-bond acceptors (Lipinski definition) is 17. The summed E-state index contributed by atoms with van der Waals surface area (Å²) in [4.78, 5) is 202. The third-order valence-electron chi connectivity index (χ3n) is 15.0. The van der Waals surface area contributed by atoms with Gasteiger partial charge >= 0.3 is 18.0 Å². The molecule has 15 N–H and O–H groups in total. The first-order valence-electron chi connectivity index (χ1n) is 29.8. The SMILES string of the molecule is CCCCCCCCCCCCOC(=O)N[C@@H](CC(N)=O)C(=O)N[C@H]1CNC(=O)[C@@H]2CCCN2C(=O)[C@H]([C@H](C)CC)NC(=O)[C@H]([C@@H](C)O)NC(=O)CNC(=O)[C@H](CC(=O)O)NC(=O)CNC(=O)[C@H](CC(=O)O)NC(=O)CNC(=O)[C@@H]2CCCCN2C1=O. The van der Waals surface area contributed by atoms with Crippen molar-refractivity contribution in [3.8, 4) is 0 Å². The van der Waals surface area contributed by atoms with Crippen LogP contribution >= 0.6 is 0 Å². The van der Waals surface area contributed by atoms with Crippen molar-refractivity contribution in [3.05, 3.63) is 0 Å². The van der Waals surface area contributed by atoms with Gasteiger partial charge in [-0.3, -0.25) is 67.1 Å². The molecule has 0 saturated carbocycles. The lowest BCUT2D eigenvalue weighted by Crippen LogP contribution is -2.63. The summed E-state index contributed by atoms with van der Waals surface area (Å²) < 4.78 is 5.31. The van der Waals surface area contributed by atoms with Gasteiger partial charge < -0.3 is 88.8 Å². The Balaban J connectivity index is 2.01. The minimum absolute atomic E-state index is 0.0101. The number of aliphatic hydroxyl groups excluding tert-OH is 1. The van der Waals surface area contributed by atoms with Gasteiger partial charge in [0.25, 0.3) is 0 Å². The Labute approximate surface area is 504 Å². The number of nitrogens with zero attached hydrogens (tertiary/aromatic N) is 2. The van der Waals surface area contributed by atoms with Crippen molar-refractivity contribution in [3.63, 3.8) is 0 Å². The fraction of sp³-hybridized carbons (Fsp3) is 0.727. The second-order valence-electron chi connectivity index (χ2n) is 22.0. The van der Waals surface area contributed by atoms with Gasteiger partial charge in [0.1, 0.15) is 48.3 Å². The molecule has 3 aliphatic heterocycles. The predicted octanol–water partition coefficient (Wildman–Crippen LogP) is -3.47. The molecule has 32 nitrogen and oxygen atoms in total. The molecule has 0 unspecified atom stereocenters. The van der Waals surface area contributed by atoms with Crippen molar-refractivity contribution < 1.29 is 92.0 Å². The van der Waals surface area contributed by atoms with E-state index in [0.29, 0.717) is 19.3 Å². The molecule has 0 bridgehead atoms. The minimum Gasteiger partial charge on any atom is -0.481 e. The number of amides is 13. The van der Waals surface area contributed by atoms with E-state index in [4.69, 9.17) is 10.5 Å². The van der Waals surface area contributed by atoms with Gasteiger partial charge in [0.15, 0.2) is 0 Å². The summed E-state index contributed by atoms with van der Waals surface area (Å²) in [6.07, 6.45) is 5.81. The monoisotopic (exact) mass is 1240 g/mol. The number of aliphatic hydroxyl groups is 1. The quantitative estimate of drug-likeness (QED) is 0.0442. The Morgan fingerprint density at radius 1 is 0.598 bits per heavy atom. The first kappa shape index (κ1) is 73.1. The van der Waals surface area contributed by atoms with Gasteiger partial charge in [-0.1, -0.05) is 85.0 Å². The van der Waals surface area contributed by atoms with Crippen LogP contribution in [0.15, 0.2) is 0 Å². The molecule has 3 rings (SSSR count). The van der Waals surface area contributed by atoms with Crippen LogP contribution in [0.5, 0.6) is 0 Å². The second kappa shape index (κ2) is 38.1. The summed E-state index contributed by atoms with van der Waals surface area (Å²) in [5.74, 6) is -16.5. The average Bonchev–Trinajstić information content (AvgIpc) is 3.38. The number of ether oxygens (including phenoxy) is 1. The van der Waals surface area contributed by atoms with E-state index in [0.717, 1.165) is 50.3 Å². The fourth-order valence-electron chi connectivity index (χ4n) is 9.97. The molecule has 32 heteroatoms. The number of unbranched alkanes of at least 4 members (excludes halogenated alkanes) is 9. The maximum Gasteiger partial charge on any atom is 0.407 e. The molecule has 10 atom stereocenters. The molecule has 3 aliphatic rings. The van der Waals surface area contributed by atoms with E-state index in [-0.39, 0.29) is 45.4 Å². The van der Waals surface area contributed by atoms with E-state index >= 15 is 0 Å². The maximum atomic E-state index is 14.8. The number of rotatable bonds is 23. The standard InChI is InChI=1S/C55H89N13O19/c1-5-7-8-9-10-11-12-13-14-17-23-87-55(86)64-33(24-39(56)70)49(80)63-36-27-57-50(81)38-20-18-22-68(38)54(85)45(31(3)6-2)66-52(83)46(32(4)69)65-42(73)30-59-48(79)35(26-44(76)77)61-40(71)28-58-47(78)34(25-43(74)75)62-41(72)29-60-51(82)37-19-15-16-21-67(37)53(36)84/h31-38,45-46,69H,5-30H2,1-4H3,(H2,56,70)(H,57,81)(H,58,78)(H,59,79)(H,60,82)(H,61,71)(H,62,72)(H,63,80)(H,64,86)(H,65,73)(H,66,83)(H,74,75)(H,76,77)/t31-,32-,33+,34+,35+,36+,37+,38+,45+,46+/m1/s1. The van der Waals surface area contributed by atoms with Gasteiger partial charge in [-0.25, -0.2) is 4.79 Å². The molecule has 0 spiro atoms. The van der Waals surface area contributed by atoms with Crippen LogP contribution in [-0.4, -0.2) is 214 Å². The zero-order valence-corrected chi connectivity index (χ0v) is 50.0. The van der Waals surface area contributed by atoms with Crippen molar-refractivity contribution in [2.75, 3.05) is 45.9 Å². The van der Waals surface area contributed by atoms with Crippen LogP contribution in [0.25, 0.3) is 0 Å². The largest absolute Gasteiger partial charge is 0.481 e. The lowest BCUT2D eigenvalue weighted by Gasteiger charge is -2.37. The zero-order chi connectivity index (χ0) is 64.8. The molecule has 0 aliphatic carbocycles. The van der Waals surface area contributed by atoms with Crippen LogP contribution < -0.4 is 58.9 Å². The molecule has 0 aromatic heterocycles. The molecule has 3 saturated heterocycles. The number of alkyl carbamates (subject to hydrolysis) is 1. The van der Waals surface area contributed by atoms with Crippen LogP contribution in [0.4, 0.5) is 4.79 Å². The van der Waals surface area contributed by atoms with Crippen molar-refractivity contribution >= 4 is 88.9 Å². The summed E-state index contributed by atoms with van der Waals surface area (Å²) in [5, 5.41) is 52.5. The molecule has 3 fully saturated rings.